The van der Waals surface area contributed by atoms with Gasteiger partial charge in [-0.1, -0.05) is 23.2 Å². The maximum absolute atomic E-state index is 14.3. The Labute approximate surface area is 207 Å². The second-order valence-electron chi connectivity index (χ2n) is 6.76. The van der Waals surface area contributed by atoms with Crippen molar-refractivity contribution in [3.05, 3.63) is 86.1 Å². The van der Waals surface area contributed by atoms with Crippen molar-refractivity contribution in [1.82, 2.24) is 15.3 Å². The van der Waals surface area contributed by atoms with Crippen LogP contribution in [0.25, 0.3) is 10.2 Å². The molecule has 0 atom stereocenters. The van der Waals surface area contributed by atoms with Gasteiger partial charge in [0, 0.05) is 23.8 Å². The number of carbonyl (C=O) groups is 2. The highest BCUT2D eigenvalue weighted by atomic mass is 35.5. The van der Waals surface area contributed by atoms with E-state index in [2.05, 4.69) is 15.3 Å². The normalized spacial score (nSPS) is 10.4. The van der Waals surface area contributed by atoms with Crippen molar-refractivity contribution in [2.45, 2.75) is 13.5 Å². The average Bonchev–Trinajstić information content (AvgIpc) is 3.22. The van der Waals surface area contributed by atoms with E-state index in [1.54, 1.807) is 25.1 Å². The number of carbonyl (C=O) groups excluding carboxylic acids is 2. The molecular weight excluding hydrogens is 507 g/mol. The van der Waals surface area contributed by atoms with Gasteiger partial charge in [0.2, 0.25) is 0 Å². The number of nitrogens with zero attached hydrogens (tertiary/aromatic N) is 2. The smallest absolute Gasteiger partial charge is 0.257 e. The summed E-state index contributed by atoms with van der Waals surface area (Å²) in [6.07, 6.45) is 2.28. The summed E-state index contributed by atoms with van der Waals surface area (Å²) < 4.78 is 34.2. The molecule has 2 aromatic carbocycles. The Kier molecular flexibility index (Phi) is 8.49. The number of fused-ring (bicyclic) bond motifs is 1. The van der Waals surface area contributed by atoms with Crippen molar-refractivity contribution in [1.29, 1.82) is 0 Å². The molecule has 0 aliphatic rings. The fourth-order valence-electron chi connectivity index (χ4n) is 2.78. The van der Waals surface area contributed by atoms with Gasteiger partial charge in [0.25, 0.3) is 5.91 Å². The molecule has 6 nitrogen and oxygen atoms in total. The first-order valence-electron chi connectivity index (χ1n) is 9.69. The standard InChI is InChI=1S/C16H11ClF2N2O2S.C7H6ClNO/c1-20-16(22)14-9(18)3-4-11(15(14)19)23-7-13-21-10-6-8(17)2-5-12(10)24-13;1-5-6(4-10)2-3-9-7(5)8/h2-6H,7H2,1H3,(H,20,22);2-4H,1H3. The lowest BCUT2D eigenvalue weighted by Gasteiger charge is -2.09. The summed E-state index contributed by atoms with van der Waals surface area (Å²) in [5, 5.41) is 3.76. The minimum absolute atomic E-state index is 0.00724. The van der Waals surface area contributed by atoms with E-state index in [1.807, 2.05) is 6.07 Å². The number of hydrogen-bond donors (Lipinski definition) is 1. The van der Waals surface area contributed by atoms with E-state index in [0.717, 1.165) is 34.2 Å². The lowest BCUT2D eigenvalue weighted by atomic mass is 10.1. The van der Waals surface area contributed by atoms with Crippen LogP contribution in [0.5, 0.6) is 5.75 Å². The van der Waals surface area contributed by atoms with E-state index in [0.29, 0.717) is 20.7 Å². The van der Waals surface area contributed by atoms with E-state index < -0.39 is 23.1 Å². The zero-order valence-electron chi connectivity index (χ0n) is 17.9. The van der Waals surface area contributed by atoms with E-state index in [9.17, 15) is 18.4 Å². The van der Waals surface area contributed by atoms with Gasteiger partial charge in [-0.05, 0) is 48.9 Å². The highest BCUT2D eigenvalue weighted by Gasteiger charge is 2.20. The summed E-state index contributed by atoms with van der Waals surface area (Å²) in [7, 11) is 1.29. The van der Waals surface area contributed by atoms with Crippen molar-refractivity contribution in [3.63, 3.8) is 0 Å². The van der Waals surface area contributed by atoms with Crippen LogP contribution in [0, 0.1) is 18.6 Å². The molecule has 2 aromatic heterocycles. The molecule has 11 heteroatoms. The van der Waals surface area contributed by atoms with Crippen LogP contribution in [-0.2, 0) is 6.61 Å². The van der Waals surface area contributed by atoms with Crippen LogP contribution >= 0.6 is 34.5 Å². The lowest BCUT2D eigenvalue weighted by molar-refractivity contribution is 0.0953. The van der Waals surface area contributed by atoms with E-state index in [4.69, 9.17) is 27.9 Å². The van der Waals surface area contributed by atoms with Gasteiger partial charge in [-0.15, -0.1) is 11.3 Å². The fraction of sp³-hybridized carbons (Fsp3) is 0.130. The third-order valence-corrected chi connectivity index (χ3v) is 6.19. The Morgan fingerprint density at radius 1 is 1.21 bits per heavy atom. The van der Waals surface area contributed by atoms with Crippen LogP contribution in [0.4, 0.5) is 8.78 Å². The molecule has 0 saturated heterocycles. The summed E-state index contributed by atoms with van der Waals surface area (Å²) in [6, 6.07) is 9.07. The Bertz CT molecular complexity index is 1370. The maximum Gasteiger partial charge on any atom is 0.257 e. The van der Waals surface area contributed by atoms with Gasteiger partial charge >= 0.3 is 0 Å². The van der Waals surface area contributed by atoms with Crippen LogP contribution in [-0.4, -0.2) is 29.2 Å². The number of nitrogens with one attached hydrogen (secondary N) is 1. The maximum atomic E-state index is 14.3. The van der Waals surface area contributed by atoms with E-state index in [1.165, 1.54) is 24.6 Å². The second-order valence-corrected chi connectivity index (χ2v) is 8.67. The summed E-state index contributed by atoms with van der Waals surface area (Å²) in [6.45, 7) is 1.76. The molecule has 1 amide bonds. The Balaban J connectivity index is 0.000000271. The molecule has 0 aliphatic carbocycles. The number of benzene rings is 2. The number of thiazole rings is 1. The molecule has 4 aromatic rings. The van der Waals surface area contributed by atoms with Crippen molar-refractivity contribution in [2.24, 2.45) is 0 Å². The summed E-state index contributed by atoms with van der Waals surface area (Å²) in [4.78, 5) is 30.0. The number of pyridine rings is 1. The molecule has 0 aliphatic heterocycles. The zero-order valence-corrected chi connectivity index (χ0v) is 20.2. The highest BCUT2D eigenvalue weighted by Crippen LogP contribution is 2.28. The van der Waals surface area contributed by atoms with E-state index in [-0.39, 0.29) is 12.4 Å². The van der Waals surface area contributed by atoms with Crippen molar-refractivity contribution >= 4 is 56.9 Å². The van der Waals surface area contributed by atoms with Gasteiger partial charge in [0.1, 0.15) is 34.4 Å². The Morgan fingerprint density at radius 3 is 2.65 bits per heavy atom. The molecule has 176 valence electrons. The molecule has 1 N–H and O–H groups in total. The Morgan fingerprint density at radius 2 is 1.97 bits per heavy atom. The van der Waals surface area contributed by atoms with Crippen LogP contribution in [0.15, 0.2) is 42.6 Å². The zero-order chi connectivity index (χ0) is 24.8. The predicted octanol–water partition coefficient (Wildman–Crippen LogP) is 6.02. The third kappa shape index (κ3) is 5.85. The first-order valence-corrected chi connectivity index (χ1v) is 11.3. The van der Waals surface area contributed by atoms with Gasteiger partial charge in [0.05, 0.1) is 10.2 Å². The quantitative estimate of drug-likeness (QED) is 0.255. The molecule has 4 rings (SSSR count). The summed E-state index contributed by atoms with van der Waals surface area (Å²) in [5.41, 5.74) is 1.38. The summed E-state index contributed by atoms with van der Waals surface area (Å²) >= 11 is 12.9. The molecule has 0 spiro atoms. The number of aldehydes is 1. The molecule has 2 heterocycles. The number of hydrogen-bond acceptors (Lipinski definition) is 6. The largest absolute Gasteiger partial charge is 0.483 e. The van der Waals surface area contributed by atoms with Crippen LogP contribution in [0.2, 0.25) is 10.2 Å². The molecule has 0 fully saturated rings. The third-order valence-electron chi connectivity index (χ3n) is 4.57. The lowest BCUT2D eigenvalue weighted by Crippen LogP contribution is -2.21. The van der Waals surface area contributed by atoms with Gasteiger partial charge in [-0.2, -0.15) is 0 Å². The number of halogens is 4. The highest BCUT2D eigenvalue weighted by molar-refractivity contribution is 7.18. The first-order chi connectivity index (χ1) is 16.2. The molecule has 0 saturated carbocycles. The molecular formula is C23H17Cl2F2N3O3S. The second kappa shape index (κ2) is 11.3. The van der Waals surface area contributed by atoms with Crippen molar-refractivity contribution in [3.8, 4) is 5.75 Å². The van der Waals surface area contributed by atoms with Crippen LogP contribution < -0.4 is 10.1 Å². The molecule has 34 heavy (non-hydrogen) atoms. The monoisotopic (exact) mass is 523 g/mol. The Hall–Kier alpha value is -3.14. The van der Waals surface area contributed by atoms with Crippen molar-refractivity contribution in [2.75, 3.05) is 7.05 Å². The number of aromatic nitrogens is 2. The predicted molar refractivity (Wildman–Crippen MR) is 128 cm³/mol. The number of rotatable bonds is 5. The first kappa shape index (κ1) is 25.5. The minimum atomic E-state index is -1.04. The van der Waals surface area contributed by atoms with Gasteiger partial charge in [-0.25, -0.2) is 18.7 Å². The fourth-order valence-corrected chi connectivity index (χ4v) is 3.97. The van der Waals surface area contributed by atoms with Gasteiger partial charge < -0.3 is 10.1 Å². The average molecular weight is 524 g/mol. The molecule has 0 radical (unpaired) electrons. The SMILES string of the molecule is CNC(=O)c1c(F)ccc(OCc2nc3cc(Cl)ccc3s2)c1F.Cc1c(C=O)ccnc1Cl. The minimum Gasteiger partial charge on any atom is -0.483 e. The van der Waals surface area contributed by atoms with Crippen LogP contribution in [0.1, 0.15) is 31.3 Å². The molecule has 0 unspecified atom stereocenters. The van der Waals surface area contributed by atoms with E-state index >= 15 is 0 Å². The van der Waals surface area contributed by atoms with Crippen molar-refractivity contribution < 1.29 is 23.1 Å². The van der Waals surface area contributed by atoms with Crippen LogP contribution in [0.3, 0.4) is 0 Å². The number of ether oxygens (including phenoxy) is 1. The molecule has 0 bridgehead atoms. The summed E-state index contributed by atoms with van der Waals surface area (Å²) in [5.74, 6) is -3.07. The topological polar surface area (TPSA) is 81.2 Å². The van der Waals surface area contributed by atoms with Gasteiger partial charge in [0.15, 0.2) is 11.6 Å². The van der Waals surface area contributed by atoms with Gasteiger partial charge in [-0.3, -0.25) is 9.59 Å². The number of amides is 1.